The van der Waals surface area contributed by atoms with Gasteiger partial charge in [-0.25, -0.2) is 4.98 Å². The minimum atomic E-state index is -4.44. The minimum absolute atomic E-state index is 0.0128. The molecule has 19 heavy (non-hydrogen) atoms. The number of alkyl halides is 3. The van der Waals surface area contributed by atoms with E-state index in [1.54, 1.807) is 11.9 Å². The highest BCUT2D eigenvalue weighted by molar-refractivity contribution is 5.70. The van der Waals surface area contributed by atoms with Crippen molar-refractivity contribution in [1.82, 2.24) is 4.98 Å². The monoisotopic (exact) mass is 267 g/mol. The molecular weight excluding hydrogens is 255 g/mol. The van der Waals surface area contributed by atoms with Crippen LogP contribution in [0.1, 0.15) is 5.56 Å². The molecule has 0 spiro atoms. The van der Waals surface area contributed by atoms with Gasteiger partial charge in [0.2, 0.25) is 0 Å². The fourth-order valence-corrected chi connectivity index (χ4v) is 1.68. The van der Waals surface area contributed by atoms with E-state index in [-0.39, 0.29) is 5.69 Å². The number of anilines is 3. The molecule has 1 heterocycles. The van der Waals surface area contributed by atoms with Crippen LogP contribution in [0.25, 0.3) is 0 Å². The number of hydrogen-bond donors (Lipinski definition) is 1. The Labute approximate surface area is 108 Å². The van der Waals surface area contributed by atoms with E-state index in [0.29, 0.717) is 5.82 Å². The van der Waals surface area contributed by atoms with Crippen molar-refractivity contribution in [2.75, 3.05) is 17.7 Å². The molecule has 0 aliphatic carbocycles. The maximum Gasteiger partial charge on any atom is 0.417 e. The van der Waals surface area contributed by atoms with E-state index in [1.807, 2.05) is 30.3 Å². The van der Waals surface area contributed by atoms with Crippen LogP contribution in [-0.2, 0) is 6.18 Å². The van der Waals surface area contributed by atoms with E-state index in [2.05, 4.69) is 4.98 Å². The number of pyridine rings is 1. The topological polar surface area (TPSA) is 42.2 Å². The first-order chi connectivity index (χ1) is 8.89. The average molecular weight is 267 g/mol. The number of rotatable bonds is 2. The van der Waals surface area contributed by atoms with E-state index in [1.165, 1.54) is 0 Å². The summed E-state index contributed by atoms with van der Waals surface area (Å²) in [6, 6.07) is 10.0. The maximum atomic E-state index is 12.5. The molecule has 6 heteroatoms. The molecule has 0 saturated heterocycles. The van der Waals surface area contributed by atoms with Crippen molar-refractivity contribution in [2.45, 2.75) is 6.18 Å². The minimum Gasteiger partial charge on any atom is -0.396 e. The third-order valence-corrected chi connectivity index (χ3v) is 2.68. The van der Waals surface area contributed by atoms with Crippen LogP contribution in [0, 0.1) is 0 Å². The standard InChI is InChI=1S/C13H12F3N3/c1-19(10-5-3-2-4-6-10)12-11(17)7-9(8-18-12)13(14,15)16/h2-8H,17H2,1H3. The molecule has 1 aromatic carbocycles. The zero-order chi connectivity index (χ0) is 14.0. The highest BCUT2D eigenvalue weighted by Gasteiger charge is 2.31. The second kappa shape index (κ2) is 4.79. The summed E-state index contributed by atoms with van der Waals surface area (Å²) in [5.74, 6) is 0.291. The Hall–Kier alpha value is -2.24. The van der Waals surface area contributed by atoms with Gasteiger partial charge in [0.05, 0.1) is 11.3 Å². The molecule has 0 atom stereocenters. The molecule has 0 aliphatic heterocycles. The van der Waals surface area contributed by atoms with E-state index >= 15 is 0 Å². The first kappa shape index (κ1) is 13.2. The fraction of sp³-hybridized carbons (Fsp3) is 0.154. The van der Waals surface area contributed by atoms with Crippen LogP contribution in [0.3, 0.4) is 0 Å². The largest absolute Gasteiger partial charge is 0.417 e. The van der Waals surface area contributed by atoms with Gasteiger partial charge in [-0.1, -0.05) is 18.2 Å². The molecule has 1 aromatic heterocycles. The van der Waals surface area contributed by atoms with Gasteiger partial charge in [-0.3, -0.25) is 0 Å². The highest BCUT2D eigenvalue weighted by Crippen LogP contribution is 2.33. The number of nitrogens with zero attached hydrogens (tertiary/aromatic N) is 2. The second-order valence-corrected chi connectivity index (χ2v) is 4.03. The molecule has 0 amide bonds. The SMILES string of the molecule is CN(c1ccccc1)c1ncc(C(F)(F)F)cc1N. The van der Waals surface area contributed by atoms with Crippen molar-refractivity contribution in [2.24, 2.45) is 0 Å². The van der Waals surface area contributed by atoms with Gasteiger partial charge in [-0.15, -0.1) is 0 Å². The molecule has 0 saturated carbocycles. The average Bonchev–Trinajstić information content (AvgIpc) is 2.38. The van der Waals surface area contributed by atoms with Crippen LogP contribution in [0.2, 0.25) is 0 Å². The smallest absolute Gasteiger partial charge is 0.396 e. The Bertz CT molecular complexity index is 567. The van der Waals surface area contributed by atoms with Crippen molar-refractivity contribution in [3.05, 3.63) is 48.2 Å². The first-order valence-corrected chi connectivity index (χ1v) is 5.51. The Morgan fingerprint density at radius 3 is 2.32 bits per heavy atom. The summed E-state index contributed by atoms with van der Waals surface area (Å²) in [5.41, 5.74) is 5.58. The van der Waals surface area contributed by atoms with Crippen molar-refractivity contribution in [1.29, 1.82) is 0 Å². The number of aromatic nitrogens is 1. The van der Waals surface area contributed by atoms with Crippen LogP contribution >= 0.6 is 0 Å². The van der Waals surface area contributed by atoms with Gasteiger partial charge < -0.3 is 10.6 Å². The summed E-state index contributed by atoms with van der Waals surface area (Å²) >= 11 is 0. The molecule has 0 unspecified atom stereocenters. The quantitative estimate of drug-likeness (QED) is 0.906. The zero-order valence-electron chi connectivity index (χ0n) is 10.1. The van der Waals surface area contributed by atoms with Crippen molar-refractivity contribution >= 4 is 17.2 Å². The third-order valence-electron chi connectivity index (χ3n) is 2.68. The summed E-state index contributed by atoms with van der Waals surface area (Å²) in [5, 5.41) is 0. The van der Waals surface area contributed by atoms with Gasteiger partial charge in [-0.05, 0) is 18.2 Å². The van der Waals surface area contributed by atoms with Crippen LogP contribution < -0.4 is 10.6 Å². The number of halogens is 3. The third kappa shape index (κ3) is 2.78. The lowest BCUT2D eigenvalue weighted by Gasteiger charge is -2.20. The van der Waals surface area contributed by atoms with Crippen LogP contribution in [0.15, 0.2) is 42.6 Å². The molecule has 3 nitrogen and oxygen atoms in total. The zero-order valence-corrected chi connectivity index (χ0v) is 10.1. The summed E-state index contributed by atoms with van der Waals surface area (Å²) in [7, 11) is 1.70. The fourth-order valence-electron chi connectivity index (χ4n) is 1.68. The lowest BCUT2D eigenvalue weighted by molar-refractivity contribution is -0.137. The number of nitrogen functional groups attached to an aromatic ring is 1. The lowest BCUT2D eigenvalue weighted by atomic mass is 10.2. The van der Waals surface area contributed by atoms with Gasteiger partial charge in [0.1, 0.15) is 0 Å². The number of nitrogens with two attached hydrogens (primary N) is 1. The predicted octanol–water partition coefficient (Wildman–Crippen LogP) is 3.45. The van der Waals surface area contributed by atoms with Gasteiger partial charge in [0, 0.05) is 18.9 Å². The normalized spacial score (nSPS) is 11.4. The lowest BCUT2D eigenvalue weighted by Crippen LogP contribution is -2.15. The predicted molar refractivity (Wildman–Crippen MR) is 68.2 cm³/mol. The van der Waals surface area contributed by atoms with Crippen molar-refractivity contribution in [3.63, 3.8) is 0 Å². The molecule has 0 fully saturated rings. The Kier molecular flexibility index (Phi) is 3.33. The van der Waals surface area contributed by atoms with E-state index in [0.717, 1.165) is 18.0 Å². The van der Waals surface area contributed by atoms with E-state index < -0.39 is 11.7 Å². The number of benzene rings is 1. The van der Waals surface area contributed by atoms with E-state index in [4.69, 9.17) is 5.73 Å². The van der Waals surface area contributed by atoms with Gasteiger partial charge >= 0.3 is 6.18 Å². The molecule has 100 valence electrons. The molecule has 0 bridgehead atoms. The molecule has 2 N–H and O–H groups in total. The molecule has 2 rings (SSSR count). The first-order valence-electron chi connectivity index (χ1n) is 5.51. The van der Waals surface area contributed by atoms with E-state index in [9.17, 15) is 13.2 Å². The molecule has 0 aliphatic rings. The Morgan fingerprint density at radius 2 is 1.79 bits per heavy atom. The van der Waals surface area contributed by atoms with Crippen LogP contribution in [0.5, 0.6) is 0 Å². The molecule has 0 radical (unpaired) electrons. The summed E-state index contributed by atoms with van der Waals surface area (Å²) in [6.07, 6.45) is -3.66. The summed E-state index contributed by atoms with van der Waals surface area (Å²) in [6.45, 7) is 0. The second-order valence-electron chi connectivity index (χ2n) is 4.03. The summed E-state index contributed by atoms with van der Waals surface area (Å²) in [4.78, 5) is 5.44. The Balaban J connectivity index is 2.37. The van der Waals surface area contributed by atoms with Crippen LogP contribution in [0.4, 0.5) is 30.4 Å². The molecule has 2 aromatic rings. The number of hydrogen-bond acceptors (Lipinski definition) is 3. The van der Waals surface area contributed by atoms with Gasteiger partial charge in [0.15, 0.2) is 5.82 Å². The molecular formula is C13H12F3N3. The highest BCUT2D eigenvalue weighted by atomic mass is 19.4. The van der Waals surface area contributed by atoms with Crippen LogP contribution in [-0.4, -0.2) is 12.0 Å². The van der Waals surface area contributed by atoms with Gasteiger partial charge in [0.25, 0.3) is 0 Å². The summed E-state index contributed by atoms with van der Waals surface area (Å²) < 4.78 is 37.5. The number of para-hydroxylation sites is 1. The van der Waals surface area contributed by atoms with Gasteiger partial charge in [-0.2, -0.15) is 13.2 Å². The van der Waals surface area contributed by atoms with Crippen molar-refractivity contribution < 1.29 is 13.2 Å². The maximum absolute atomic E-state index is 12.5. The van der Waals surface area contributed by atoms with Crippen molar-refractivity contribution in [3.8, 4) is 0 Å². The Morgan fingerprint density at radius 1 is 1.16 bits per heavy atom.